The molecule has 0 saturated heterocycles. The third-order valence-corrected chi connectivity index (χ3v) is 7.74. The summed E-state index contributed by atoms with van der Waals surface area (Å²) in [5.74, 6) is -2.20. The normalized spacial score (nSPS) is 12.2. The molecule has 4 aromatic carbocycles. The molecule has 4 rings (SSSR count). The van der Waals surface area contributed by atoms with Crippen molar-refractivity contribution in [1.29, 1.82) is 0 Å². The molecule has 0 aliphatic heterocycles. The van der Waals surface area contributed by atoms with Crippen molar-refractivity contribution in [2.24, 2.45) is 5.73 Å². The van der Waals surface area contributed by atoms with Gasteiger partial charge in [0.2, 0.25) is 5.91 Å². The first-order valence-corrected chi connectivity index (χ1v) is 13.5. The van der Waals surface area contributed by atoms with Gasteiger partial charge in [-0.15, -0.1) is 0 Å². The highest BCUT2D eigenvalue weighted by molar-refractivity contribution is 7.91. The van der Waals surface area contributed by atoms with Crippen molar-refractivity contribution in [2.75, 3.05) is 5.75 Å². The second kappa shape index (κ2) is 11.6. The zero-order valence-corrected chi connectivity index (χ0v) is 21.5. The number of hydrogen-bond donors (Lipinski definition) is 1. The lowest BCUT2D eigenvalue weighted by Gasteiger charge is -2.19. The number of halogens is 3. The summed E-state index contributed by atoms with van der Waals surface area (Å²) in [4.78, 5) is 12.7. The number of primary amides is 1. The maximum absolute atomic E-state index is 13.9. The molecule has 1 amide bonds. The van der Waals surface area contributed by atoms with Crippen LogP contribution in [0.2, 0.25) is 0 Å². The molecule has 0 aromatic heterocycles. The van der Waals surface area contributed by atoms with Gasteiger partial charge in [0.15, 0.2) is 9.84 Å². The SMILES string of the molecule is CCS(=O)(=O)c1ccc(C(C(N)=O)c2ccc(-c3ccccc3OC(F)F)c(Oc3cccc(F)c3)c2)cc1. The number of alkyl halides is 2. The van der Waals surface area contributed by atoms with E-state index in [-0.39, 0.29) is 33.5 Å². The molecule has 202 valence electrons. The van der Waals surface area contributed by atoms with Crippen LogP contribution in [0.15, 0.2) is 95.9 Å². The van der Waals surface area contributed by atoms with Crippen LogP contribution in [0.1, 0.15) is 24.0 Å². The fourth-order valence-electron chi connectivity index (χ4n) is 4.13. The minimum Gasteiger partial charge on any atom is -0.457 e. The average Bonchev–Trinajstić information content (AvgIpc) is 2.89. The van der Waals surface area contributed by atoms with Gasteiger partial charge in [0.05, 0.1) is 16.6 Å². The Morgan fingerprint density at radius 3 is 2.15 bits per heavy atom. The predicted octanol–water partition coefficient (Wildman–Crippen LogP) is 6.30. The largest absolute Gasteiger partial charge is 0.457 e. The summed E-state index contributed by atoms with van der Waals surface area (Å²) in [5, 5.41) is 0. The van der Waals surface area contributed by atoms with Gasteiger partial charge in [0.25, 0.3) is 0 Å². The molecule has 39 heavy (non-hydrogen) atoms. The van der Waals surface area contributed by atoms with Crippen molar-refractivity contribution in [3.63, 3.8) is 0 Å². The lowest BCUT2D eigenvalue weighted by molar-refractivity contribution is -0.118. The van der Waals surface area contributed by atoms with Crippen molar-refractivity contribution >= 4 is 15.7 Å². The summed E-state index contributed by atoms with van der Waals surface area (Å²) in [5.41, 5.74) is 7.19. The molecule has 0 heterocycles. The van der Waals surface area contributed by atoms with Gasteiger partial charge in [-0.3, -0.25) is 4.79 Å². The number of para-hydroxylation sites is 1. The van der Waals surface area contributed by atoms with Crippen molar-refractivity contribution in [2.45, 2.75) is 24.3 Å². The van der Waals surface area contributed by atoms with E-state index in [9.17, 15) is 26.4 Å². The van der Waals surface area contributed by atoms with Crippen molar-refractivity contribution in [1.82, 2.24) is 0 Å². The van der Waals surface area contributed by atoms with Crippen molar-refractivity contribution in [3.8, 4) is 28.4 Å². The third kappa shape index (κ3) is 6.40. The van der Waals surface area contributed by atoms with Crippen LogP contribution in [-0.2, 0) is 14.6 Å². The molecule has 1 unspecified atom stereocenters. The Balaban J connectivity index is 1.84. The number of carbonyl (C=O) groups excluding carboxylic acids is 1. The van der Waals surface area contributed by atoms with E-state index in [1.807, 2.05) is 0 Å². The molecule has 0 aliphatic carbocycles. The summed E-state index contributed by atoms with van der Waals surface area (Å²) in [6.45, 7) is -1.54. The smallest absolute Gasteiger partial charge is 0.387 e. The molecule has 0 bridgehead atoms. The van der Waals surface area contributed by atoms with Crippen molar-refractivity contribution in [3.05, 3.63) is 108 Å². The van der Waals surface area contributed by atoms with Crippen LogP contribution >= 0.6 is 0 Å². The second-order valence-electron chi connectivity index (χ2n) is 8.50. The van der Waals surface area contributed by atoms with Crippen LogP contribution in [-0.4, -0.2) is 26.7 Å². The number of sulfone groups is 1. The number of nitrogens with two attached hydrogens (primary N) is 1. The average molecular weight is 556 g/mol. The predicted molar refractivity (Wildman–Crippen MR) is 140 cm³/mol. The van der Waals surface area contributed by atoms with Crippen LogP contribution in [0.25, 0.3) is 11.1 Å². The molecular weight excluding hydrogens is 531 g/mol. The standard InChI is InChI=1S/C29H24F3NO5S/c1-2-39(35,36)22-13-10-18(11-14-22)27(28(33)34)19-12-15-24(23-8-3-4-9-25(23)38-29(31)32)26(16-19)37-21-7-5-6-20(30)17-21/h3-17,27,29H,2H2,1H3,(H2,33,34). The highest BCUT2D eigenvalue weighted by atomic mass is 32.2. The first-order valence-electron chi connectivity index (χ1n) is 11.8. The second-order valence-corrected chi connectivity index (χ2v) is 10.8. The molecule has 4 aromatic rings. The topological polar surface area (TPSA) is 95.7 Å². The van der Waals surface area contributed by atoms with Crippen LogP contribution in [0, 0.1) is 5.82 Å². The zero-order chi connectivity index (χ0) is 28.2. The fraction of sp³-hybridized carbons (Fsp3) is 0.138. The summed E-state index contributed by atoms with van der Waals surface area (Å²) < 4.78 is 75.1. The zero-order valence-electron chi connectivity index (χ0n) is 20.7. The molecule has 0 spiro atoms. The minimum absolute atomic E-state index is 0.0788. The number of amides is 1. The fourth-order valence-corrected chi connectivity index (χ4v) is 5.01. The van der Waals surface area contributed by atoms with E-state index < -0.39 is 34.1 Å². The van der Waals surface area contributed by atoms with Gasteiger partial charge in [-0.2, -0.15) is 8.78 Å². The van der Waals surface area contributed by atoms with Gasteiger partial charge in [0.1, 0.15) is 23.1 Å². The molecule has 0 saturated carbocycles. The number of ether oxygens (including phenoxy) is 2. The Morgan fingerprint density at radius 2 is 1.51 bits per heavy atom. The quantitative estimate of drug-likeness (QED) is 0.248. The number of carbonyl (C=O) groups is 1. The molecule has 10 heteroatoms. The highest BCUT2D eigenvalue weighted by Crippen LogP contribution is 2.41. The lowest BCUT2D eigenvalue weighted by atomic mass is 9.89. The number of hydrogen-bond acceptors (Lipinski definition) is 5. The van der Waals surface area contributed by atoms with E-state index in [1.165, 1.54) is 67.6 Å². The Bertz CT molecular complexity index is 1590. The highest BCUT2D eigenvalue weighted by Gasteiger charge is 2.24. The molecule has 1 atom stereocenters. The van der Waals surface area contributed by atoms with Gasteiger partial charge < -0.3 is 15.2 Å². The lowest BCUT2D eigenvalue weighted by Crippen LogP contribution is -2.22. The molecule has 0 fully saturated rings. The van der Waals surface area contributed by atoms with Crippen LogP contribution in [0.3, 0.4) is 0 Å². The maximum atomic E-state index is 13.9. The monoisotopic (exact) mass is 555 g/mol. The molecule has 6 nitrogen and oxygen atoms in total. The summed E-state index contributed by atoms with van der Waals surface area (Å²) in [6.07, 6.45) is 0. The Kier molecular flexibility index (Phi) is 8.25. The van der Waals surface area contributed by atoms with E-state index in [4.69, 9.17) is 10.5 Å². The van der Waals surface area contributed by atoms with Gasteiger partial charge in [-0.25, -0.2) is 12.8 Å². The van der Waals surface area contributed by atoms with E-state index in [2.05, 4.69) is 4.74 Å². The minimum atomic E-state index is -3.45. The molecule has 0 radical (unpaired) electrons. The summed E-state index contributed by atoms with van der Waals surface area (Å²) in [6, 6.07) is 21.9. The molecule has 0 aliphatic rings. The van der Waals surface area contributed by atoms with Gasteiger partial charge in [0, 0.05) is 17.2 Å². The van der Waals surface area contributed by atoms with Crippen LogP contribution < -0.4 is 15.2 Å². The third-order valence-electron chi connectivity index (χ3n) is 5.99. The maximum Gasteiger partial charge on any atom is 0.387 e. The Labute approximate surface area is 223 Å². The van der Waals surface area contributed by atoms with Gasteiger partial charge in [-0.05, 0) is 47.5 Å². The van der Waals surface area contributed by atoms with E-state index in [0.717, 1.165) is 6.07 Å². The first-order chi connectivity index (χ1) is 18.6. The van der Waals surface area contributed by atoms with E-state index in [0.29, 0.717) is 16.7 Å². The molecular formula is C29H24F3NO5S. The van der Waals surface area contributed by atoms with Gasteiger partial charge in [-0.1, -0.05) is 55.5 Å². The van der Waals surface area contributed by atoms with E-state index in [1.54, 1.807) is 24.3 Å². The van der Waals surface area contributed by atoms with E-state index >= 15 is 0 Å². The Morgan fingerprint density at radius 1 is 0.846 bits per heavy atom. The van der Waals surface area contributed by atoms with Crippen molar-refractivity contribution < 1.29 is 35.9 Å². The van der Waals surface area contributed by atoms with Crippen LogP contribution in [0.5, 0.6) is 17.2 Å². The first kappa shape index (κ1) is 27.7. The summed E-state index contributed by atoms with van der Waals surface area (Å²) in [7, 11) is -3.45. The molecule has 2 N–H and O–H groups in total. The van der Waals surface area contributed by atoms with Crippen LogP contribution in [0.4, 0.5) is 13.2 Å². The van der Waals surface area contributed by atoms with Gasteiger partial charge >= 0.3 is 6.61 Å². The Hall–Kier alpha value is -4.31. The number of benzene rings is 4. The summed E-state index contributed by atoms with van der Waals surface area (Å²) >= 11 is 0. The number of rotatable bonds is 10.